The van der Waals surface area contributed by atoms with E-state index >= 15 is 0 Å². The number of ether oxygens (including phenoxy) is 1. The van der Waals surface area contributed by atoms with Gasteiger partial charge in [-0.3, -0.25) is 4.40 Å². The van der Waals surface area contributed by atoms with Gasteiger partial charge < -0.3 is 9.84 Å². The molecule has 110 valence electrons. The fourth-order valence-electron chi connectivity index (χ4n) is 2.25. The van der Waals surface area contributed by atoms with Gasteiger partial charge in [-0.1, -0.05) is 0 Å². The molecule has 0 aliphatic carbocycles. The van der Waals surface area contributed by atoms with Crippen molar-refractivity contribution < 1.29 is 14.6 Å². The van der Waals surface area contributed by atoms with Crippen LogP contribution in [0.5, 0.6) is 5.75 Å². The van der Waals surface area contributed by atoms with Crippen molar-refractivity contribution in [2.75, 3.05) is 7.11 Å². The Hall–Kier alpha value is -3.22. The lowest BCUT2D eigenvalue weighted by Gasteiger charge is -2.01. The second kappa shape index (κ2) is 5.28. The highest BCUT2D eigenvalue weighted by Gasteiger charge is 2.19. The molecule has 3 aromatic rings. The average molecular weight is 297 g/mol. The number of rotatable bonds is 4. The van der Waals surface area contributed by atoms with E-state index in [0.29, 0.717) is 17.0 Å². The van der Waals surface area contributed by atoms with Gasteiger partial charge in [0, 0.05) is 11.8 Å². The molecule has 0 amide bonds. The van der Waals surface area contributed by atoms with Gasteiger partial charge in [-0.25, -0.2) is 9.78 Å². The molecule has 0 bridgehead atoms. The Kier molecular flexibility index (Phi) is 3.30. The summed E-state index contributed by atoms with van der Waals surface area (Å²) in [7, 11) is 1.55. The van der Waals surface area contributed by atoms with Crippen LogP contribution in [-0.2, 0) is 0 Å². The predicted octanol–water partition coefficient (Wildman–Crippen LogP) is 3.11. The number of carboxylic acid groups (broad SMARTS) is 1. The lowest BCUT2D eigenvalue weighted by Crippen LogP contribution is -1.99. The summed E-state index contributed by atoms with van der Waals surface area (Å²) >= 11 is 0. The number of aromatic nitrogens is 2. The van der Waals surface area contributed by atoms with Crippen molar-refractivity contribution in [3.05, 3.63) is 53.1 Å². The van der Waals surface area contributed by atoms with Crippen LogP contribution in [0.25, 0.3) is 16.9 Å². The summed E-state index contributed by atoms with van der Waals surface area (Å²) in [5.41, 5.74) is 1.16. The summed E-state index contributed by atoms with van der Waals surface area (Å²) in [4.78, 5) is 26.7. The first-order valence-corrected chi connectivity index (χ1v) is 6.38. The molecular formula is C15H11N3O4. The number of carboxylic acids is 1. The number of pyridine rings is 1. The van der Waals surface area contributed by atoms with E-state index in [1.54, 1.807) is 37.6 Å². The van der Waals surface area contributed by atoms with E-state index in [1.807, 2.05) is 0 Å². The predicted molar refractivity (Wildman–Crippen MR) is 79.6 cm³/mol. The number of nitrogens with zero attached hydrogens (tertiary/aromatic N) is 3. The highest BCUT2D eigenvalue weighted by atomic mass is 16.5. The smallest absolute Gasteiger partial charge is 0.339 e. The summed E-state index contributed by atoms with van der Waals surface area (Å²) in [6, 6.07) is 9.88. The van der Waals surface area contributed by atoms with Gasteiger partial charge in [0.05, 0.1) is 7.11 Å². The standard InChI is InChI=1S/C15H11N3O4/c1-22-10-6-4-9(5-7-10)12-14(17-21)18-8-2-3-11(15(19)20)13(18)16-12/h2-8H,1H3,(H,19,20). The van der Waals surface area contributed by atoms with Crippen LogP contribution < -0.4 is 4.74 Å². The zero-order valence-electron chi connectivity index (χ0n) is 11.6. The Morgan fingerprint density at radius 1 is 1.27 bits per heavy atom. The minimum Gasteiger partial charge on any atom is -0.497 e. The Labute approximate surface area is 124 Å². The van der Waals surface area contributed by atoms with E-state index in [4.69, 9.17) is 4.74 Å². The van der Waals surface area contributed by atoms with Crippen LogP contribution in [-0.4, -0.2) is 27.6 Å². The highest BCUT2D eigenvalue weighted by Crippen LogP contribution is 2.32. The van der Waals surface area contributed by atoms with E-state index in [-0.39, 0.29) is 17.0 Å². The Morgan fingerprint density at radius 3 is 2.59 bits per heavy atom. The van der Waals surface area contributed by atoms with Crippen molar-refractivity contribution in [1.82, 2.24) is 9.38 Å². The minimum absolute atomic E-state index is 0.00663. The van der Waals surface area contributed by atoms with E-state index in [9.17, 15) is 14.8 Å². The van der Waals surface area contributed by atoms with Crippen molar-refractivity contribution in [2.45, 2.75) is 0 Å². The second-order valence-electron chi connectivity index (χ2n) is 4.52. The number of benzene rings is 1. The molecule has 0 aliphatic heterocycles. The molecule has 2 heterocycles. The summed E-state index contributed by atoms with van der Waals surface area (Å²) in [6.07, 6.45) is 1.55. The van der Waals surface area contributed by atoms with Crippen LogP contribution in [0, 0.1) is 4.91 Å². The van der Waals surface area contributed by atoms with Crippen molar-refractivity contribution in [1.29, 1.82) is 0 Å². The van der Waals surface area contributed by atoms with Gasteiger partial charge in [-0.15, -0.1) is 4.91 Å². The van der Waals surface area contributed by atoms with Crippen molar-refractivity contribution in [3.63, 3.8) is 0 Å². The second-order valence-corrected chi connectivity index (χ2v) is 4.52. The van der Waals surface area contributed by atoms with Crippen molar-refractivity contribution >= 4 is 17.4 Å². The molecule has 22 heavy (non-hydrogen) atoms. The highest BCUT2D eigenvalue weighted by molar-refractivity contribution is 5.95. The molecule has 7 nitrogen and oxygen atoms in total. The van der Waals surface area contributed by atoms with Crippen LogP contribution in [0.3, 0.4) is 0 Å². The average Bonchev–Trinajstić information content (AvgIpc) is 2.93. The van der Waals surface area contributed by atoms with Crippen LogP contribution in [0.2, 0.25) is 0 Å². The summed E-state index contributed by atoms with van der Waals surface area (Å²) in [6.45, 7) is 0. The van der Waals surface area contributed by atoms with Crippen LogP contribution in [0.4, 0.5) is 5.82 Å². The first-order valence-electron chi connectivity index (χ1n) is 6.38. The number of nitroso groups, excluding NO2 is 1. The molecule has 0 atom stereocenters. The quantitative estimate of drug-likeness (QED) is 0.747. The van der Waals surface area contributed by atoms with Gasteiger partial charge in [-0.2, -0.15) is 0 Å². The fourth-order valence-corrected chi connectivity index (χ4v) is 2.25. The van der Waals surface area contributed by atoms with Crippen LogP contribution in [0.15, 0.2) is 47.8 Å². The van der Waals surface area contributed by atoms with E-state index < -0.39 is 5.97 Å². The van der Waals surface area contributed by atoms with E-state index in [2.05, 4.69) is 10.2 Å². The maximum absolute atomic E-state index is 11.3. The molecule has 0 saturated carbocycles. The Morgan fingerprint density at radius 2 is 2.00 bits per heavy atom. The molecule has 0 saturated heterocycles. The Bertz CT molecular complexity index is 868. The monoisotopic (exact) mass is 297 g/mol. The van der Waals surface area contributed by atoms with Gasteiger partial charge in [0.25, 0.3) is 0 Å². The molecule has 3 rings (SSSR count). The SMILES string of the molecule is COc1ccc(-c2nc3c(C(=O)O)cccn3c2N=O)cc1. The summed E-state index contributed by atoms with van der Waals surface area (Å²) in [5, 5.41) is 12.2. The maximum atomic E-state index is 11.3. The number of carbonyl (C=O) groups is 1. The third-order valence-corrected chi connectivity index (χ3v) is 3.31. The number of fused-ring (bicyclic) bond motifs is 1. The Balaban J connectivity index is 2.26. The first-order chi connectivity index (χ1) is 10.7. The maximum Gasteiger partial charge on any atom is 0.339 e. The molecule has 0 unspecified atom stereocenters. The molecule has 2 aromatic heterocycles. The zero-order valence-corrected chi connectivity index (χ0v) is 11.6. The van der Waals surface area contributed by atoms with Gasteiger partial charge >= 0.3 is 5.97 Å². The molecule has 1 N–H and O–H groups in total. The number of hydrogen-bond acceptors (Lipinski definition) is 5. The third kappa shape index (κ3) is 2.08. The summed E-state index contributed by atoms with van der Waals surface area (Å²) < 4.78 is 6.45. The lowest BCUT2D eigenvalue weighted by molar-refractivity contribution is 0.0698. The van der Waals surface area contributed by atoms with Gasteiger partial charge in [0.2, 0.25) is 5.82 Å². The van der Waals surface area contributed by atoms with E-state index in [0.717, 1.165) is 0 Å². The minimum atomic E-state index is -1.12. The van der Waals surface area contributed by atoms with Crippen LogP contribution in [0.1, 0.15) is 10.4 Å². The van der Waals surface area contributed by atoms with Gasteiger partial charge in [0.1, 0.15) is 17.0 Å². The first kappa shape index (κ1) is 13.7. The lowest BCUT2D eigenvalue weighted by atomic mass is 10.1. The number of methoxy groups -OCH3 is 1. The molecule has 1 aromatic carbocycles. The molecule has 0 fully saturated rings. The van der Waals surface area contributed by atoms with Crippen LogP contribution >= 0.6 is 0 Å². The zero-order chi connectivity index (χ0) is 15.7. The summed E-state index contributed by atoms with van der Waals surface area (Å²) in [5.74, 6) is -0.392. The molecule has 0 radical (unpaired) electrons. The van der Waals surface area contributed by atoms with Crippen molar-refractivity contribution in [2.24, 2.45) is 5.18 Å². The fraction of sp³-hybridized carbons (Fsp3) is 0.0667. The molecular weight excluding hydrogens is 286 g/mol. The normalized spacial score (nSPS) is 10.6. The third-order valence-electron chi connectivity index (χ3n) is 3.31. The molecule has 0 aliphatic rings. The number of hydrogen-bond donors (Lipinski definition) is 1. The van der Waals surface area contributed by atoms with E-state index in [1.165, 1.54) is 16.5 Å². The largest absolute Gasteiger partial charge is 0.497 e. The molecule has 7 heteroatoms. The van der Waals surface area contributed by atoms with Gasteiger partial charge in [0.15, 0.2) is 5.65 Å². The molecule has 0 spiro atoms. The van der Waals surface area contributed by atoms with Crippen molar-refractivity contribution in [3.8, 4) is 17.0 Å². The topological polar surface area (TPSA) is 93.3 Å². The van der Waals surface area contributed by atoms with Gasteiger partial charge in [-0.05, 0) is 41.6 Å². The number of imidazole rings is 1. The number of aromatic carboxylic acids is 1.